The molecule has 0 saturated carbocycles. The molecule has 22 heavy (non-hydrogen) atoms. The van der Waals surface area contributed by atoms with Gasteiger partial charge in [-0.3, -0.25) is 4.79 Å². The van der Waals surface area contributed by atoms with Gasteiger partial charge in [-0.1, -0.05) is 23.4 Å². The van der Waals surface area contributed by atoms with Gasteiger partial charge in [0, 0.05) is 21.8 Å². The highest BCUT2D eigenvalue weighted by atomic mass is 32.2. The maximum atomic E-state index is 12.7. The molecule has 112 valence electrons. The average molecular weight is 330 g/mol. The number of hydrogen-bond acceptors (Lipinski definition) is 5. The standard InChI is InChI=1S/C16H14N2O2S2/c1-20-17-13-9-22-16-11-5-3-2-4-10(11)15(19)18(16)8-14-12(13)6-7-21-14/h2-7,16H,8-9H2,1H3/b17-13-/t16-/m0/s1. The minimum Gasteiger partial charge on any atom is -0.399 e. The van der Waals surface area contributed by atoms with E-state index in [0.717, 1.165) is 28.2 Å². The number of benzene rings is 1. The zero-order valence-electron chi connectivity index (χ0n) is 12.0. The molecule has 3 heterocycles. The Morgan fingerprint density at radius 2 is 2.14 bits per heavy atom. The smallest absolute Gasteiger partial charge is 0.255 e. The first-order valence-electron chi connectivity index (χ1n) is 6.98. The average Bonchev–Trinajstić information content (AvgIpc) is 3.07. The van der Waals surface area contributed by atoms with Crippen LogP contribution in [-0.2, 0) is 11.4 Å². The summed E-state index contributed by atoms with van der Waals surface area (Å²) in [6, 6.07) is 9.95. The van der Waals surface area contributed by atoms with Crippen molar-refractivity contribution in [1.82, 2.24) is 4.90 Å². The van der Waals surface area contributed by atoms with E-state index in [9.17, 15) is 4.79 Å². The zero-order chi connectivity index (χ0) is 15.1. The highest BCUT2D eigenvalue weighted by Crippen LogP contribution is 2.44. The second-order valence-electron chi connectivity index (χ2n) is 5.16. The lowest BCUT2D eigenvalue weighted by atomic mass is 10.1. The molecule has 6 heteroatoms. The topological polar surface area (TPSA) is 41.9 Å². The van der Waals surface area contributed by atoms with Crippen molar-refractivity contribution in [1.29, 1.82) is 0 Å². The molecule has 2 aliphatic heterocycles. The van der Waals surface area contributed by atoms with E-state index in [2.05, 4.69) is 22.7 Å². The lowest BCUT2D eigenvalue weighted by molar-refractivity contribution is 0.0763. The third-order valence-electron chi connectivity index (χ3n) is 3.95. The largest absolute Gasteiger partial charge is 0.399 e. The highest BCUT2D eigenvalue weighted by molar-refractivity contribution is 8.00. The van der Waals surface area contributed by atoms with E-state index in [1.807, 2.05) is 23.1 Å². The van der Waals surface area contributed by atoms with Gasteiger partial charge in [0.1, 0.15) is 12.5 Å². The van der Waals surface area contributed by atoms with Crippen LogP contribution in [0.4, 0.5) is 0 Å². The fraction of sp³-hybridized carbons (Fsp3) is 0.250. The third kappa shape index (κ3) is 2.06. The Kier molecular flexibility index (Phi) is 3.43. The zero-order valence-corrected chi connectivity index (χ0v) is 13.6. The van der Waals surface area contributed by atoms with Crippen LogP contribution in [0.5, 0.6) is 0 Å². The van der Waals surface area contributed by atoms with Crippen molar-refractivity contribution < 1.29 is 9.63 Å². The number of carbonyl (C=O) groups is 1. The van der Waals surface area contributed by atoms with Crippen LogP contribution in [0.1, 0.15) is 31.7 Å². The summed E-state index contributed by atoms with van der Waals surface area (Å²) in [4.78, 5) is 20.8. The van der Waals surface area contributed by atoms with E-state index in [4.69, 9.17) is 4.84 Å². The van der Waals surface area contributed by atoms with E-state index < -0.39 is 0 Å². The molecular weight excluding hydrogens is 316 g/mol. The SMILES string of the molecule is CO/N=C1/CS[C@H]2c3ccccc3C(=O)N2Cc2sccc21. The molecule has 4 rings (SSSR count). The highest BCUT2D eigenvalue weighted by Gasteiger charge is 2.38. The van der Waals surface area contributed by atoms with Crippen molar-refractivity contribution in [2.45, 2.75) is 11.9 Å². The molecule has 0 bridgehead atoms. The van der Waals surface area contributed by atoms with Gasteiger partial charge in [-0.25, -0.2) is 0 Å². The quantitative estimate of drug-likeness (QED) is 0.752. The van der Waals surface area contributed by atoms with Gasteiger partial charge in [-0.2, -0.15) is 0 Å². The molecule has 0 N–H and O–H groups in total. The molecule has 1 amide bonds. The van der Waals surface area contributed by atoms with Crippen molar-refractivity contribution in [2.75, 3.05) is 12.9 Å². The molecule has 0 fully saturated rings. The van der Waals surface area contributed by atoms with Gasteiger partial charge >= 0.3 is 0 Å². The van der Waals surface area contributed by atoms with Crippen LogP contribution < -0.4 is 0 Å². The number of fused-ring (bicyclic) bond motifs is 4. The second-order valence-corrected chi connectivity index (χ2v) is 7.23. The van der Waals surface area contributed by atoms with Gasteiger partial charge in [0.05, 0.1) is 12.3 Å². The number of thioether (sulfide) groups is 1. The van der Waals surface area contributed by atoms with E-state index in [1.54, 1.807) is 30.2 Å². The number of rotatable bonds is 1. The lowest BCUT2D eigenvalue weighted by Gasteiger charge is -2.27. The maximum Gasteiger partial charge on any atom is 0.255 e. The number of carbonyl (C=O) groups excluding carboxylic acids is 1. The number of hydrogen-bond donors (Lipinski definition) is 0. The molecule has 4 nitrogen and oxygen atoms in total. The van der Waals surface area contributed by atoms with Crippen molar-refractivity contribution in [3.63, 3.8) is 0 Å². The van der Waals surface area contributed by atoms with E-state index >= 15 is 0 Å². The van der Waals surface area contributed by atoms with Gasteiger partial charge in [0.25, 0.3) is 5.91 Å². The fourth-order valence-electron chi connectivity index (χ4n) is 2.97. The number of thiophene rings is 1. The Labute approximate surface area is 136 Å². The van der Waals surface area contributed by atoms with Crippen molar-refractivity contribution in [3.8, 4) is 0 Å². The first kappa shape index (κ1) is 13.8. The van der Waals surface area contributed by atoms with E-state index in [1.165, 1.54) is 4.88 Å². The molecular formula is C16H14N2O2S2. The van der Waals surface area contributed by atoms with Gasteiger partial charge in [0.15, 0.2) is 0 Å². The van der Waals surface area contributed by atoms with Crippen molar-refractivity contribution in [3.05, 3.63) is 57.3 Å². The summed E-state index contributed by atoms with van der Waals surface area (Å²) in [7, 11) is 1.57. The van der Waals surface area contributed by atoms with Crippen LogP contribution in [0, 0.1) is 0 Å². The van der Waals surface area contributed by atoms with Crippen molar-refractivity contribution in [2.24, 2.45) is 5.16 Å². The summed E-state index contributed by atoms with van der Waals surface area (Å²) < 4.78 is 0. The summed E-state index contributed by atoms with van der Waals surface area (Å²) in [5, 5.41) is 6.29. The lowest BCUT2D eigenvalue weighted by Crippen LogP contribution is -2.29. The first-order valence-corrected chi connectivity index (χ1v) is 8.90. The van der Waals surface area contributed by atoms with Gasteiger partial charge < -0.3 is 9.74 Å². The summed E-state index contributed by atoms with van der Waals surface area (Å²) in [6.45, 7) is 0.626. The van der Waals surface area contributed by atoms with Crippen LogP contribution in [0.25, 0.3) is 0 Å². The fourth-order valence-corrected chi connectivity index (χ4v) is 5.12. The number of oxime groups is 1. The Bertz CT molecular complexity index is 769. The van der Waals surface area contributed by atoms with Crippen LogP contribution in [0.15, 0.2) is 40.9 Å². The molecule has 1 atom stereocenters. The van der Waals surface area contributed by atoms with Crippen molar-refractivity contribution >= 4 is 34.7 Å². The third-order valence-corrected chi connectivity index (χ3v) is 6.12. The first-order chi connectivity index (χ1) is 10.8. The van der Waals surface area contributed by atoms with E-state index in [-0.39, 0.29) is 11.3 Å². The Hall–Kier alpha value is -1.79. The summed E-state index contributed by atoms with van der Waals surface area (Å²) in [5.41, 5.74) is 3.97. The molecule has 0 spiro atoms. The molecule has 2 aromatic rings. The summed E-state index contributed by atoms with van der Waals surface area (Å²) >= 11 is 3.40. The molecule has 0 radical (unpaired) electrons. The van der Waals surface area contributed by atoms with E-state index in [0.29, 0.717) is 6.54 Å². The molecule has 0 aliphatic carbocycles. The molecule has 2 aliphatic rings. The van der Waals surface area contributed by atoms with Crippen LogP contribution in [0.2, 0.25) is 0 Å². The monoisotopic (exact) mass is 330 g/mol. The summed E-state index contributed by atoms with van der Waals surface area (Å²) in [5.74, 6) is 0.847. The van der Waals surface area contributed by atoms with Crippen LogP contribution in [-0.4, -0.2) is 29.4 Å². The Morgan fingerprint density at radius 3 is 3.00 bits per heavy atom. The number of amides is 1. The predicted octanol–water partition coefficient (Wildman–Crippen LogP) is 3.50. The van der Waals surface area contributed by atoms with Crippen LogP contribution >= 0.6 is 23.1 Å². The second kappa shape index (κ2) is 5.44. The molecule has 1 aromatic carbocycles. The minimum atomic E-state index is 0.0565. The van der Waals surface area contributed by atoms with Gasteiger partial charge in [0.2, 0.25) is 0 Å². The normalized spacial score (nSPS) is 21.9. The molecule has 1 aromatic heterocycles. The Morgan fingerprint density at radius 1 is 1.27 bits per heavy atom. The van der Waals surface area contributed by atoms with Gasteiger partial charge in [-0.15, -0.1) is 23.1 Å². The Balaban J connectivity index is 1.80. The minimum absolute atomic E-state index is 0.0565. The van der Waals surface area contributed by atoms with Gasteiger partial charge in [-0.05, 0) is 23.1 Å². The molecule has 0 saturated heterocycles. The molecule has 0 unspecified atom stereocenters. The summed E-state index contributed by atoms with van der Waals surface area (Å²) in [6.07, 6.45) is 0. The maximum absolute atomic E-state index is 12.7. The van der Waals surface area contributed by atoms with Crippen LogP contribution in [0.3, 0.4) is 0 Å². The predicted molar refractivity (Wildman–Crippen MR) is 89.4 cm³/mol. The number of nitrogens with zero attached hydrogens (tertiary/aromatic N) is 2.